The summed E-state index contributed by atoms with van der Waals surface area (Å²) >= 11 is 0. The fourth-order valence-corrected chi connectivity index (χ4v) is 1.61. The van der Waals surface area contributed by atoms with Gasteiger partial charge in [0, 0.05) is 11.6 Å². The Bertz CT molecular complexity index is 679. The van der Waals surface area contributed by atoms with Gasteiger partial charge in [-0.15, -0.1) is 0 Å². The van der Waals surface area contributed by atoms with Crippen LogP contribution in [0.2, 0.25) is 0 Å². The van der Waals surface area contributed by atoms with E-state index in [1.165, 1.54) is 18.5 Å². The van der Waals surface area contributed by atoms with Gasteiger partial charge in [0.25, 0.3) is 0 Å². The normalized spacial score (nSPS) is 10.9. The topological polar surface area (TPSA) is 54.5 Å². The highest BCUT2D eigenvalue weighted by Gasteiger charge is 2.10. The van der Waals surface area contributed by atoms with Crippen LogP contribution in [0.25, 0.3) is 22.4 Å². The lowest BCUT2D eigenvalue weighted by atomic mass is 10.3. The Balaban J connectivity index is 2.24. The Morgan fingerprint density at radius 3 is 2.76 bits per heavy atom. The molecule has 0 amide bonds. The van der Waals surface area contributed by atoms with Crippen molar-refractivity contribution >= 4 is 11.0 Å². The van der Waals surface area contributed by atoms with Crippen LogP contribution in [0.4, 0.5) is 8.78 Å². The number of aromatic amines is 1. The molecule has 0 radical (unpaired) electrons. The highest BCUT2D eigenvalue weighted by Crippen LogP contribution is 2.22. The number of imidazole rings is 1. The van der Waals surface area contributed by atoms with E-state index in [2.05, 4.69) is 20.2 Å². The average molecular weight is 232 g/mol. The lowest BCUT2D eigenvalue weighted by Gasteiger charge is -1.91. The van der Waals surface area contributed by atoms with Crippen molar-refractivity contribution in [3.05, 3.63) is 42.2 Å². The summed E-state index contributed by atoms with van der Waals surface area (Å²) in [6, 6.07) is 3.68. The lowest BCUT2D eigenvalue weighted by Crippen LogP contribution is -1.83. The number of benzene rings is 1. The number of nitrogens with zero attached hydrogens (tertiary/aromatic N) is 3. The van der Waals surface area contributed by atoms with Gasteiger partial charge in [0.15, 0.2) is 5.82 Å². The standard InChI is InChI=1S/C11H6F2N4/c12-7-3-8(13)10-9(4-7)16-11(17-10)6-1-2-14-15-5-6/h1-5H,(H,16,17). The van der Waals surface area contributed by atoms with Gasteiger partial charge in [-0.25, -0.2) is 13.8 Å². The molecule has 2 heterocycles. The summed E-state index contributed by atoms with van der Waals surface area (Å²) in [6.07, 6.45) is 2.99. The molecule has 2 aromatic heterocycles. The molecule has 0 atom stereocenters. The Hall–Kier alpha value is -2.37. The van der Waals surface area contributed by atoms with Crippen LogP contribution in [0.15, 0.2) is 30.6 Å². The second-order valence-corrected chi connectivity index (χ2v) is 3.50. The Morgan fingerprint density at radius 1 is 1.12 bits per heavy atom. The van der Waals surface area contributed by atoms with Gasteiger partial charge in [-0.1, -0.05) is 0 Å². The number of hydrogen-bond acceptors (Lipinski definition) is 3. The average Bonchev–Trinajstić information content (AvgIpc) is 2.74. The van der Waals surface area contributed by atoms with E-state index in [9.17, 15) is 8.78 Å². The molecule has 0 aliphatic carbocycles. The molecule has 17 heavy (non-hydrogen) atoms. The molecule has 3 aromatic rings. The van der Waals surface area contributed by atoms with Crippen LogP contribution in [0.5, 0.6) is 0 Å². The minimum atomic E-state index is -0.690. The Morgan fingerprint density at radius 2 is 2.00 bits per heavy atom. The zero-order valence-corrected chi connectivity index (χ0v) is 8.48. The first kappa shape index (κ1) is 9.83. The summed E-state index contributed by atoms with van der Waals surface area (Å²) in [4.78, 5) is 6.89. The fourth-order valence-electron chi connectivity index (χ4n) is 1.61. The van der Waals surface area contributed by atoms with Gasteiger partial charge in [0.2, 0.25) is 0 Å². The van der Waals surface area contributed by atoms with Gasteiger partial charge in [-0.05, 0) is 12.1 Å². The van der Waals surface area contributed by atoms with Crippen molar-refractivity contribution in [3.63, 3.8) is 0 Å². The third-order valence-corrected chi connectivity index (χ3v) is 2.36. The first-order chi connectivity index (χ1) is 8.24. The molecule has 0 bridgehead atoms. The van der Waals surface area contributed by atoms with Crippen LogP contribution in [0, 0.1) is 11.6 Å². The van der Waals surface area contributed by atoms with E-state index in [0.29, 0.717) is 16.9 Å². The van der Waals surface area contributed by atoms with E-state index in [4.69, 9.17) is 0 Å². The summed E-state index contributed by atoms with van der Waals surface area (Å²) in [5, 5.41) is 7.32. The van der Waals surface area contributed by atoms with Crippen LogP contribution >= 0.6 is 0 Å². The maximum atomic E-state index is 13.4. The van der Waals surface area contributed by atoms with E-state index in [-0.39, 0.29) is 5.52 Å². The van der Waals surface area contributed by atoms with Crippen molar-refractivity contribution in [2.24, 2.45) is 0 Å². The number of aromatic nitrogens is 4. The maximum absolute atomic E-state index is 13.4. The van der Waals surface area contributed by atoms with E-state index in [1.54, 1.807) is 6.07 Å². The smallest absolute Gasteiger partial charge is 0.153 e. The van der Waals surface area contributed by atoms with E-state index >= 15 is 0 Å². The zero-order chi connectivity index (χ0) is 11.8. The highest BCUT2D eigenvalue weighted by atomic mass is 19.1. The monoisotopic (exact) mass is 232 g/mol. The van der Waals surface area contributed by atoms with E-state index in [0.717, 1.165) is 6.07 Å². The molecule has 0 aliphatic rings. The van der Waals surface area contributed by atoms with Crippen molar-refractivity contribution in [2.45, 2.75) is 0 Å². The van der Waals surface area contributed by atoms with Crippen molar-refractivity contribution in [1.29, 1.82) is 0 Å². The third-order valence-electron chi connectivity index (χ3n) is 2.36. The van der Waals surface area contributed by atoms with Gasteiger partial charge < -0.3 is 4.98 Å². The highest BCUT2D eigenvalue weighted by molar-refractivity contribution is 5.79. The molecule has 0 aliphatic heterocycles. The second-order valence-electron chi connectivity index (χ2n) is 3.50. The summed E-state index contributed by atoms with van der Waals surface area (Å²) in [5.41, 5.74) is 1.09. The Kier molecular flexibility index (Phi) is 2.07. The van der Waals surface area contributed by atoms with Gasteiger partial charge >= 0.3 is 0 Å². The van der Waals surface area contributed by atoms with Crippen molar-refractivity contribution in [3.8, 4) is 11.4 Å². The molecule has 0 saturated heterocycles. The van der Waals surface area contributed by atoms with E-state index in [1.807, 2.05) is 0 Å². The SMILES string of the molecule is Fc1cc(F)c2nc(-c3ccnnc3)[nH]c2c1. The second kappa shape index (κ2) is 3.58. The summed E-state index contributed by atoms with van der Waals surface area (Å²) < 4.78 is 26.4. The Labute approximate surface area is 94.3 Å². The molecule has 0 unspecified atom stereocenters. The molecule has 84 valence electrons. The van der Waals surface area contributed by atoms with Crippen LogP contribution in [0.1, 0.15) is 0 Å². The first-order valence-corrected chi connectivity index (χ1v) is 4.86. The van der Waals surface area contributed by atoms with Crippen LogP contribution in [-0.2, 0) is 0 Å². The molecule has 4 nitrogen and oxygen atoms in total. The molecular formula is C11H6F2N4. The molecular weight excluding hydrogens is 226 g/mol. The molecule has 3 rings (SSSR count). The largest absolute Gasteiger partial charge is 0.338 e. The first-order valence-electron chi connectivity index (χ1n) is 4.86. The van der Waals surface area contributed by atoms with Gasteiger partial charge in [0.1, 0.15) is 17.2 Å². The zero-order valence-electron chi connectivity index (χ0n) is 8.48. The van der Waals surface area contributed by atoms with Crippen LogP contribution < -0.4 is 0 Å². The third kappa shape index (κ3) is 1.63. The number of halogens is 2. The minimum Gasteiger partial charge on any atom is -0.338 e. The number of H-pyrrole nitrogens is 1. The number of hydrogen-bond donors (Lipinski definition) is 1. The van der Waals surface area contributed by atoms with Crippen molar-refractivity contribution in [1.82, 2.24) is 20.2 Å². The van der Waals surface area contributed by atoms with Gasteiger partial charge in [-0.2, -0.15) is 10.2 Å². The lowest BCUT2D eigenvalue weighted by molar-refractivity contribution is 0.591. The molecule has 0 saturated carbocycles. The number of fused-ring (bicyclic) bond motifs is 1. The van der Waals surface area contributed by atoms with Crippen LogP contribution in [-0.4, -0.2) is 20.2 Å². The maximum Gasteiger partial charge on any atom is 0.153 e. The van der Waals surface area contributed by atoms with Gasteiger partial charge in [0.05, 0.1) is 17.9 Å². The van der Waals surface area contributed by atoms with Crippen LogP contribution in [0.3, 0.4) is 0 Å². The number of rotatable bonds is 1. The molecule has 0 spiro atoms. The predicted octanol–water partition coefficient (Wildman–Crippen LogP) is 2.30. The van der Waals surface area contributed by atoms with E-state index < -0.39 is 11.6 Å². The summed E-state index contributed by atoms with van der Waals surface area (Å²) in [5.74, 6) is -0.901. The van der Waals surface area contributed by atoms with Gasteiger partial charge in [-0.3, -0.25) is 0 Å². The molecule has 1 N–H and O–H groups in total. The summed E-state index contributed by atoms with van der Waals surface area (Å²) in [6.45, 7) is 0. The number of nitrogens with one attached hydrogen (secondary N) is 1. The summed E-state index contributed by atoms with van der Waals surface area (Å²) in [7, 11) is 0. The fraction of sp³-hybridized carbons (Fsp3) is 0. The quantitative estimate of drug-likeness (QED) is 0.700. The molecule has 0 fully saturated rings. The minimum absolute atomic E-state index is 0.109. The molecule has 1 aromatic carbocycles. The molecule has 6 heteroatoms. The van der Waals surface area contributed by atoms with Crippen molar-refractivity contribution in [2.75, 3.05) is 0 Å². The van der Waals surface area contributed by atoms with Crippen molar-refractivity contribution < 1.29 is 8.78 Å². The predicted molar refractivity (Wildman–Crippen MR) is 57.0 cm³/mol.